The molecule has 166 valence electrons. The minimum absolute atomic E-state index is 0.199. The lowest BCUT2D eigenvalue weighted by Crippen LogP contribution is -2.55. The average Bonchev–Trinajstić information content (AvgIpc) is 3.34. The standard InChI is InChI=1S/C24H39N5O/c1-2-25-23(26-21-24(10-18-30-19-11-24)29-12-6-7-13-29)28-16-14-27(15-17-28)20-22-8-4-3-5-9-22/h3-5,8-9H,2,6-7,10-21H2,1H3,(H,25,26). The Morgan fingerprint density at radius 1 is 1.00 bits per heavy atom. The van der Waals surface area contributed by atoms with Crippen molar-refractivity contribution in [3.05, 3.63) is 35.9 Å². The Morgan fingerprint density at radius 3 is 2.37 bits per heavy atom. The summed E-state index contributed by atoms with van der Waals surface area (Å²) in [4.78, 5) is 12.9. The summed E-state index contributed by atoms with van der Waals surface area (Å²) in [5.74, 6) is 1.10. The van der Waals surface area contributed by atoms with Gasteiger partial charge in [-0.2, -0.15) is 0 Å². The summed E-state index contributed by atoms with van der Waals surface area (Å²) < 4.78 is 5.71. The van der Waals surface area contributed by atoms with E-state index in [-0.39, 0.29) is 5.54 Å². The zero-order chi connectivity index (χ0) is 20.7. The Hall–Kier alpha value is -1.63. The zero-order valence-electron chi connectivity index (χ0n) is 18.7. The maximum atomic E-state index is 5.71. The highest BCUT2D eigenvalue weighted by molar-refractivity contribution is 5.80. The van der Waals surface area contributed by atoms with E-state index in [1.807, 2.05) is 0 Å². The summed E-state index contributed by atoms with van der Waals surface area (Å²) in [5.41, 5.74) is 1.60. The van der Waals surface area contributed by atoms with Crippen molar-refractivity contribution in [3.8, 4) is 0 Å². The number of likely N-dealkylation sites (tertiary alicyclic amines) is 1. The van der Waals surface area contributed by atoms with E-state index in [1.54, 1.807) is 0 Å². The van der Waals surface area contributed by atoms with Crippen LogP contribution in [0, 0.1) is 0 Å². The average molecular weight is 414 g/mol. The van der Waals surface area contributed by atoms with E-state index in [0.29, 0.717) is 0 Å². The summed E-state index contributed by atoms with van der Waals surface area (Å²) >= 11 is 0. The molecule has 3 saturated heterocycles. The molecule has 4 rings (SSSR count). The fourth-order valence-electron chi connectivity index (χ4n) is 5.12. The van der Waals surface area contributed by atoms with Gasteiger partial charge in [0.15, 0.2) is 5.96 Å². The minimum Gasteiger partial charge on any atom is -0.381 e. The van der Waals surface area contributed by atoms with Crippen molar-refractivity contribution in [2.75, 3.05) is 65.6 Å². The van der Waals surface area contributed by atoms with Crippen molar-refractivity contribution in [2.45, 2.75) is 44.7 Å². The molecule has 3 aliphatic heterocycles. The van der Waals surface area contributed by atoms with Crippen LogP contribution in [0.5, 0.6) is 0 Å². The third-order valence-corrected chi connectivity index (χ3v) is 6.98. The molecule has 0 saturated carbocycles. The van der Waals surface area contributed by atoms with Crippen molar-refractivity contribution in [2.24, 2.45) is 4.99 Å². The van der Waals surface area contributed by atoms with E-state index in [4.69, 9.17) is 9.73 Å². The van der Waals surface area contributed by atoms with Crippen LogP contribution in [-0.4, -0.2) is 91.8 Å². The first-order valence-corrected chi connectivity index (χ1v) is 11.9. The first-order valence-electron chi connectivity index (χ1n) is 11.9. The fourth-order valence-corrected chi connectivity index (χ4v) is 5.12. The van der Waals surface area contributed by atoms with Crippen molar-refractivity contribution in [3.63, 3.8) is 0 Å². The van der Waals surface area contributed by atoms with E-state index in [1.165, 1.54) is 31.5 Å². The van der Waals surface area contributed by atoms with Gasteiger partial charge in [-0.1, -0.05) is 30.3 Å². The number of nitrogens with one attached hydrogen (secondary N) is 1. The summed E-state index contributed by atoms with van der Waals surface area (Å²) in [6, 6.07) is 10.8. The molecule has 0 bridgehead atoms. The predicted octanol–water partition coefficient (Wildman–Crippen LogP) is 2.41. The largest absolute Gasteiger partial charge is 0.381 e. The molecular formula is C24H39N5O. The van der Waals surface area contributed by atoms with Crippen molar-refractivity contribution in [1.29, 1.82) is 0 Å². The molecule has 6 heteroatoms. The Morgan fingerprint density at radius 2 is 1.70 bits per heavy atom. The van der Waals surface area contributed by atoms with Gasteiger partial charge >= 0.3 is 0 Å². The van der Waals surface area contributed by atoms with Gasteiger partial charge in [0.1, 0.15) is 0 Å². The molecule has 0 amide bonds. The minimum atomic E-state index is 0.199. The number of guanidine groups is 1. The molecule has 3 heterocycles. The predicted molar refractivity (Wildman–Crippen MR) is 123 cm³/mol. The van der Waals surface area contributed by atoms with Gasteiger partial charge < -0.3 is 15.0 Å². The second kappa shape index (κ2) is 10.6. The van der Waals surface area contributed by atoms with Crippen LogP contribution in [0.2, 0.25) is 0 Å². The second-order valence-corrected chi connectivity index (χ2v) is 8.95. The molecule has 0 radical (unpaired) electrons. The Labute approximate surface area is 182 Å². The number of hydrogen-bond donors (Lipinski definition) is 1. The van der Waals surface area contributed by atoms with E-state index in [0.717, 1.165) is 77.8 Å². The zero-order valence-corrected chi connectivity index (χ0v) is 18.7. The second-order valence-electron chi connectivity index (χ2n) is 8.95. The maximum absolute atomic E-state index is 5.71. The van der Waals surface area contributed by atoms with Crippen LogP contribution in [0.15, 0.2) is 35.3 Å². The molecule has 0 unspecified atom stereocenters. The molecular weight excluding hydrogens is 374 g/mol. The number of piperazine rings is 1. The normalized spacial score (nSPS) is 23.6. The molecule has 0 aliphatic carbocycles. The summed E-state index contributed by atoms with van der Waals surface area (Å²) in [5, 5.41) is 3.57. The smallest absolute Gasteiger partial charge is 0.194 e. The van der Waals surface area contributed by atoms with Crippen LogP contribution in [-0.2, 0) is 11.3 Å². The highest BCUT2D eigenvalue weighted by atomic mass is 16.5. The lowest BCUT2D eigenvalue weighted by molar-refractivity contribution is -0.0140. The summed E-state index contributed by atoms with van der Waals surface area (Å²) in [7, 11) is 0. The van der Waals surface area contributed by atoms with E-state index >= 15 is 0 Å². The molecule has 0 atom stereocenters. The number of hydrogen-bond acceptors (Lipinski definition) is 4. The van der Waals surface area contributed by atoms with Gasteiger partial charge in [0.2, 0.25) is 0 Å². The SMILES string of the molecule is CCNC(=NCC1(N2CCCC2)CCOCC1)N1CCN(Cc2ccccc2)CC1. The number of nitrogens with zero attached hydrogens (tertiary/aromatic N) is 4. The lowest BCUT2D eigenvalue weighted by Gasteiger charge is -2.44. The first-order chi connectivity index (χ1) is 14.8. The summed E-state index contributed by atoms with van der Waals surface area (Å²) in [6.45, 7) is 13.5. The van der Waals surface area contributed by atoms with Crippen molar-refractivity contribution in [1.82, 2.24) is 20.0 Å². The number of rotatable bonds is 6. The Kier molecular flexibility index (Phi) is 7.63. The first kappa shape index (κ1) is 21.6. The van der Waals surface area contributed by atoms with Crippen LogP contribution in [0.4, 0.5) is 0 Å². The molecule has 1 aromatic rings. The summed E-state index contributed by atoms with van der Waals surface area (Å²) in [6.07, 6.45) is 4.88. The van der Waals surface area contributed by atoms with Crippen LogP contribution >= 0.6 is 0 Å². The molecule has 1 N–H and O–H groups in total. The highest BCUT2D eigenvalue weighted by Crippen LogP contribution is 2.31. The molecule has 0 aromatic heterocycles. The van der Waals surface area contributed by atoms with E-state index < -0.39 is 0 Å². The van der Waals surface area contributed by atoms with Gasteiger partial charge in [-0.25, -0.2) is 0 Å². The van der Waals surface area contributed by atoms with Crippen molar-refractivity contribution >= 4 is 5.96 Å². The third kappa shape index (κ3) is 5.34. The molecule has 1 aromatic carbocycles. The highest BCUT2D eigenvalue weighted by Gasteiger charge is 2.39. The number of benzene rings is 1. The van der Waals surface area contributed by atoms with Gasteiger partial charge in [0, 0.05) is 58.0 Å². The molecule has 0 spiro atoms. The lowest BCUT2D eigenvalue weighted by atomic mass is 9.88. The van der Waals surface area contributed by atoms with Gasteiger partial charge in [-0.05, 0) is 51.3 Å². The topological polar surface area (TPSA) is 43.3 Å². The number of ether oxygens (including phenoxy) is 1. The van der Waals surface area contributed by atoms with Crippen LogP contribution < -0.4 is 5.32 Å². The van der Waals surface area contributed by atoms with Gasteiger partial charge in [-0.3, -0.25) is 14.8 Å². The third-order valence-electron chi connectivity index (χ3n) is 6.98. The van der Waals surface area contributed by atoms with Gasteiger partial charge in [0.05, 0.1) is 6.54 Å². The number of aliphatic imine (C=N–C) groups is 1. The van der Waals surface area contributed by atoms with Crippen LogP contribution in [0.3, 0.4) is 0 Å². The Balaban J connectivity index is 1.37. The van der Waals surface area contributed by atoms with Gasteiger partial charge in [-0.15, -0.1) is 0 Å². The quantitative estimate of drug-likeness (QED) is 0.573. The van der Waals surface area contributed by atoms with Crippen molar-refractivity contribution < 1.29 is 4.74 Å². The van der Waals surface area contributed by atoms with E-state index in [2.05, 4.69) is 57.3 Å². The fraction of sp³-hybridized carbons (Fsp3) is 0.708. The molecule has 30 heavy (non-hydrogen) atoms. The van der Waals surface area contributed by atoms with Crippen LogP contribution in [0.1, 0.15) is 38.2 Å². The Bertz CT molecular complexity index is 659. The van der Waals surface area contributed by atoms with Crippen LogP contribution in [0.25, 0.3) is 0 Å². The van der Waals surface area contributed by atoms with E-state index in [9.17, 15) is 0 Å². The monoisotopic (exact) mass is 413 g/mol. The maximum Gasteiger partial charge on any atom is 0.194 e. The molecule has 3 aliphatic rings. The molecule has 3 fully saturated rings. The van der Waals surface area contributed by atoms with Gasteiger partial charge in [0.25, 0.3) is 0 Å². The molecule has 6 nitrogen and oxygen atoms in total.